The Morgan fingerprint density at radius 3 is 2.33 bits per heavy atom. The smallest absolute Gasteiger partial charge is 0.211 e. The number of pyridine rings is 1. The number of hydrogen-bond donors (Lipinski definition) is 0. The molecule has 2 rings (SSSR count). The van der Waals surface area contributed by atoms with E-state index in [9.17, 15) is 0 Å². The summed E-state index contributed by atoms with van der Waals surface area (Å²) in [6, 6.07) is 14.3. The summed E-state index contributed by atoms with van der Waals surface area (Å²) < 4.78 is 7.21. The molecule has 0 saturated heterocycles. The minimum Gasteiger partial charge on any atom is -1.00 e. The van der Waals surface area contributed by atoms with Crippen molar-refractivity contribution in [2.45, 2.75) is 0 Å². The molecular weight excluding hydrogens is 337 g/mol. The third-order valence-electron chi connectivity index (χ3n) is 2.63. The van der Waals surface area contributed by atoms with E-state index in [1.54, 1.807) is 7.11 Å². The van der Waals surface area contributed by atoms with Crippen molar-refractivity contribution in [2.24, 2.45) is 7.05 Å². The molecule has 2 nitrogen and oxygen atoms in total. The van der Waals surface area contributed by atoms with E-state index in [0.717, 1.165) is 11.4 Å². The Bertz CT molecular complexity index is 523. The molecule has 0 saturated carbocycles. The summed E-state index contributed by atoms with van der Waals surface area (Å²) in [5, 5.41) is 0. The molecule has 18 heavy (non-hydrogen) atoms. The predicted molar refractivity (Wildman–Crippen MR) is 69.5 cm³/mol. The summed E-state index contributed by atoms with van der Waals surface area (Å²) in [7, 11) is 3.68. The number of hydrogen-bond acceptors (Lipinski definition) is 1. The number of aryl methyl sites for hydroxylation is 1. The van der Waals surface area contributed by atoms with Crippen LogP contribution in [0.2, 0.25) is 0 Å². The minimum atomic E-state index is 0. The van der Waals surface area contributed by atoms with Crippen LogP contribution in [-0.4, -0.2) is 7.11 Å². The normalized spacial score (nSPS) is 10.1. The number of ether oxygens (including phenoxy) is 1. The van der Waals surface area contributed by atoms with E-state index in [2.05, 4.69) is 24.3 Å². The molecule has 0 unspecified atom stereocenters. The molecule has 0 spiro atoms. The SMILES string of the molecule is COc1ccc(/C=C/c2ccccc2)[n+](C)c1.[I-]. The van der Waals surface area contributed by atoms with Gasteiger partial charge in [-0.2, -0.15) is 4.57 Å². The van der Waals surface area contributed by atoms with Gasteiger partial charge in [-0.3, -0.25) is 0 Å². The van der Waals surface area contributed by atoms with E-state index < -0.39 is 0 Å². The van der Waals surface area contributed by atoms with Crippen LogP contribution in [0.25, 0.3) is 12.2 Å². The third-order valence-corrected chi connectivity index (χ3v) is 2.63. The first-order chi connectivity index (χ1) is 8.29. The molecule has 3 heteroatoms. The highest BCUT2D eigenvalue weighted by atomic mass is 127. The second-order valence-corrected chi connectivity index (χ2v) is 3.85. The number of nitrogens with zero attached hydrogens (tertiary/aromatic N) is 1. The van der Waals surface area contributed by atoms with Gasteiger partial charge in [0, 0.05) is 12.1 Å². The van der Waals surface area contributed by atoms with Gasteiger partial charge < -0.3 is 28.7 Å². The first kappa shape index (κ1) is 14.7. The lowest BCUT2D eigenvalue weighted by Crippen LogP contribution is -3.00. The fraction of sp³-hybridized carbons (Fsp3) is 0.133. The molecule has 0 aliphatic carbocycles. The average Bonchev–Trinajstić information content (AvgIpc) is 2.38. The molecular formula is C15H16INO. The van der Waals surface area contributed by atoms with E-state index in [0.29, 0.717) is 0 Å². The van der Waals surface area contributed by atoms with Crippen LogP contribution in [0.5, 0.6) is 5.75 Å². The van der Waals surface area contributed by atoms with Crippen LogP contribution < -0.4 is 33.3 Å². The summed E-state index contributed by atoms with van der Waals surface area (Å²) in [6.07, 6.45) is 6.15. The van der Waals surface area contributed by atoms with Crippen molar-refractivity contribution in [3.63, 3.8) is 0 Å². The Morgan fingerprint density at radius 1 is 1.00 bits per heavy atom. The van der Waals surface area contributed by atoms with Gasteiger partial charge in [-0.25, -0.2) is 0 Å². The van der Waals surface area contributed by atoms with Crippen molar-refractivity contribution in [1.82, 2.24) is 0 Å². The Balaban J connectivity index is 0.00000162. The van der Waals surface area contributed by atoms with Gasteiger partial charge in [0.05, 0.1) is 7.11 Å². The third kappa shape index (κ3) is 3.84. The monoisotopic (exact) mass is 353 g/mol. The molecule has 94 valence electrons. The highest BCUT2D eigenvalue weighted by Crippen LogP contribution is 2.09. The average molecular weight is 353 g/mol. The molecule has 0 aliphatic heterocycles. The van der Waals surface area contributed by atoms with Crippen molar-refractivity contribution in [1.29, 1.82) is 0 Å². The van der Waals surface area contributed by atoms with Crippen molar-refractivity contribution in [3.8, 4) is 5.75 Å². The van der Waals surface area contributed by atoms with Crippen LogP contribution in [0.4, 0.5) is 0 Å². The van der Waals surface area contributed by atoms with Gasteiger partial charge in [-0.1, -0.05) is 30.3 Å². The highest BCUT2D eigenvalue weighted by molar-refractivity contribution is 5.66. The molecule has 0 amide bonds. The fourth-order valence-electron chi connectivity index (χ4n) is 1.63. The Hall–Kier alpha value is -1.36. The molecule has 0 aliphatic rings. The van der Waals surface area contributed by atoms with Crippen molar-refractivity contribution in [2.75, 3.05) is 7.11 Å². The number of halogens is 1. The first-order valence-electron chi connectivity index (χ1n) is 5.56. The van der Waals surface area contributed by atoms with Gasteiger partial charge in [-0.15, -0.1) is 0 Å². The number of rotatable bonds is 3. The fourth-order valence-corrected chi connectivity index (χ4v) is 1.63. The van der Waals surface area contributed by atoms with Crippen LogP contribution in [-0.2, 0) is 7.05 Å². The highest BCUT2D eigenvalue weighted by Gasteiger charge is 2.03. The van der Waals surface area contributed by atoms with E-state index >= 15 is 0 Å². The van der Waals surface area contributed by atoms with Crippen LogP contribution >= 0.6 is 0 Å². The maximum atomic E-state index is 5.17. The molecule has 0 atom stereocenters. The zero-order chi connectivity index (χ0) is 12.1. The molecule has 1 aromatic carbocycles. The summed E-state index contributed by atoms with van der Waals surface area (Å²) in [4.78, 5) is 0. The van der Waals surface area contributed by atoms with Crippen molar-refractivity contribution >= 4 is 12.2 Å². The molecule has 1 heterocycles. The van der Waals surface area contributed by atoms with E-state index in [1.165, 1.54) is 5.56 Å². The minimum absolute atomic E-state index is 0. The van der Waals surface area contributed by atoms with Gasteiger partial charge in [0.15, 0.2) is 5.75 Å². The lowest BCUT2D eigenvalue weighted by Gasteiger charge is -1.98. The standard InChI is InChI=1S/C15H16NO.HI/c1-16-12-15(17-2)11-10-14(16)9-8-13-6-4-3-5-7-13;/h3-12H,1-2H3;1H/q+1;/p-1/b9-8+;. The van der Waals surface area contributed by atoms with E-state index in [4.69, 9.17) is 4.74 Å². The molecule has 0 fully saturated rings. The molecule has 0 N–H and O–H groups in total. The zero-order valence-electron chi connectivity index (χ0n) is 10.5. The van der Waals surface area contributed by atoms with E-state index in [-0.39, 0.29) is 24.0 Å². The summed E-state index contributed by atoms with van der Waals surface area (Å²) in [5.41, 5.74) is 2.33. The maximum absolute atomic E-state index is 5.17. The van der Waals surface area contributed by atoms with Gasteiger partial charge in [0.2, 0.25) is 11.9 Å². The Labute approximate surface area is 125 Å². The molecule has 0 radical (unpaired) electrons. The largest absolute Gasteiger partial charge is 1.00 e. The number of benzene rings is 1. The van der Waals surface area contributed by atoms with Crippen LogP contribution in [0.1, 0.15) is 11.3 Å². The Morgan fingerprint density at radius 2 is 1.72 bits per heavy atom. The van der Waals surface area contributed by atoms with Gasteiger partial charge in [-0.05, 0) is 17.7 Å². The molecule has 1 aromatic heterocycles. The van der Waals surface area contributed by atoms with Crippen LogP contribution in [0, 0.1) is 0 Å². The number of methoxy groups -OCH3 is 1. The lowest BCUT2D eigenvalue weighted by molar-refractivity contribution is -0.673. The van der Waals surface area contributed by atoms with Crippen LogP contribution in [0.15, 0.2) is 48.7 Å². The van der Waals surface area contributed by atoms with Gasteiger partial charge >= 0.3 is 0 Å². The van der Waals surface area contributed by atoms with Gasteiger partial charge in [0.25, 0.3) is 0 Å². The van der Waals surface area contributed by atoms with Crippen molar-refractivity contribution < 1.29 is 33.3 Å². The quantitative estimate of drug-likeness (QED) is 0.545. The second-order valence-electron chi connectivity index (χ2n) is 3.85. The second kappa shape index (κ2) is 7.16. The summed E-state index contributed by atoms with van der Waals surface area (Å²) in [6.45, 7) is 0. The Kier molecular flexibility index (Phi) is 5.85. The number of aromatic nitrogens is 1. The van der Waals surface area contributed by atoms with Crippen LogP contribution in [0.3, 0.4) is 0 Å². The van der Waals surface area contributed by atoms with E-state index in [1.807, 2.05) is 48.1 Å². The van der Waals surface area contributed by atoms with Gasteiger partial charge in [0.1, 0.15) is 7.05 Å². The molecule has 2 aromatic rings. The maximum Gasteiger partial charge on any atom is 0.211 e. The summed E-state index contributed by atoms with van der Waals surface area (Å²) >= 11 is 0. The lowest BCUT2D eigenvalue weighted by atomic mass is 10.2. The zero-order valence-corrected chi connectivity index (χ0v) is 12.7. The molecule has 0 bridgehead atoms. The predicted octanol–water partition coefficient (Wildman–Crippen LogP) is -0.306. The topological polar surface area (TPSA) is 13.1 Å². The summed E-state index contributed by atoms with van der Waals surface area (Å²) in [5.74, 6) is 0.865. The van der Waals surface area contributed by atoms with Crippen molar-refractivity contribution in [3.05, 3.63) is 59.9 Å². The first-order valence-corrected chi connectivity index (χ1v) is 5.56.